The largest absolute Gasteiger partial charge is 0.396 e. The lowest BCUT2D eigenvalue weighted by Gasteiger charge is -2.16. The number of aliphatic hydroxyl groups is 1. The van der Waals surface area contributed by atoms with Crippen LogP contribution in [0.15, 0.2) is 4.47 Å². The van der Waals surface area contributed by atoms with Gasteiger partial charge in [0.15, 0.2) is 0 Å². The van der Waals surface area contributed by atoms with Gasteiger partial charge in [-0.1, -0.05) is 20.8 Å². The van der Waals surface area contributed by atoms with E-state index in [4.69, 9.17) is 0 Å². The maximum absolute atomic E-state index is 9.44. The third-order valence-electron chi connectivity index (χ3n) is 3.05. The number of aromatic nitrogens is 2. The second kappa shape index (κ2) is 6.55. The van der Waals surface area contributed by atoms with E-state index in [0.29, 0.717) is 11.8 Å². The zero-order valence-corrected chi connectivity index (χ0v) is 12.8. The number of hydrogen-bond acceptors (Lipinski definition) is 2. The SMILES string of the molecule is CCc1nn(C)c(CC(CO)CC(C)C)c1Br. The molecule has 98 valence electrons. The fourth-order valence-electron chi connectivity index (χ4n) is 2.20. The number of halogens is 1. The van der Waals surface area contributed by atoms with Gasteiger partial charge in [0.1, 0.15) is 0 Å². The van der Waals surface area contributed by atoms with E-state index in [9.17, 15) is 5.11 Å². The molecule has 3 nitrogen and oxygen atoms in total. The lowest BCUT2D eigenvalue weighted by Crippen LogP contribution is -2.15. The topological polar surface area (TPSA) is 38.0 Å². The van der Waals surface area contributed by atoms with Crippen molar-refractivity contribution in [2.75, 3.05) is 6.61 Å². The van der Waals surface area contributed by atoms with Crippen LogP contribution in [0.1, 0.15) is 38.6 Å². The van der Waals surface area contributed by atoms with Crippen molar-refractivity contribution < 1.29 is 5.11 Å². The Labute approximate surface area is 112 Å². The molecule has 1 unspecified atom stereocenters. The minimum absolute atomic E-state index is 0.247. The summed E-state index contributed by atoms with van der Waals surface area (Å²) in [6.07, 6.45) is 2.87. The summed E-state index contributed by atoms with van der Waals surface area (Å²) in [5.74, 6) is 0.941. The van der Waals surface area contributed by atoms with Crippen LogP contribution in [0.3, 0.4) is 0 Å². The fourth-order valence-corrected chi connectivity index (χ4v) is 2.98. The summed E-state index contributed by atoms with van der Waals surface area (Å²) in [7, 11) is 1.98. The van der Waals surface area contributed by atoms with Crippen LogP contribution in [-0.4, -0.2) is 21.5 Å². The minimum Gasteiger partial charge on any atom is -0.396 e. The van der Waals surface area contributed by atoms with Gasteiger partial charge in [-0.05, 0) is 47.0 Å². The Balaban J connectivity index is 2.82. The molecular weight excluding hydrogens is 280 g/mol. The van der Waals surface area contributed by atoms with Gasteiger partial charge in [0, 0.05) is 13.7 Å². The molecule has 0 bridgehead atoms. The van der Waals surface area contributed by atoms with E-state index in [1.54, 1.807) is 0 Å². The van der Waals surface area contributed by atoms with Gasteiger partial charge in [0.05, 0.1) is 15.9 Å². The van der Waals surface area contributed by atoms with Crippen LogP contribution in [0.5, 0.6) is 0 Å². The van der Waals surface area contributed by atoms with Crippen molar-refractivity contribution in [3.05, 3.63) is 15.9 Å². The predicted octanol–water partition coefficient (Wildman–Crippen LogP) is 2.94. The first kappa shape index (κ1) is 14.7. The van der Waals surface area contributed by atoms with Crippen molar-refractivity contribution in [1.82, 2.24) is 9.78 Å². The first-order valence-electron chi connectivity index (χ1n) is 6.30. The molecule has 0 spiro atoms. The third-order valence-corrected chi connectivity index (χ3v) is 3.96. The van der Waals surface area contributed by atoms with E-state index < -0.39 is 0 Å². The Morgan fingerprint density at radius 1 is 1.41 bits per heavy atom. The summed E-state index contributed by atoms with van der Waals surface area (Å²) in [4.78, 5) is 0. The smallest absolute Gasteiger partial charge is 0.0766 e. The van der Waals surface area contributed by atoms with Crippen molar-refractivity contribution in [2.45, 2.75) is 40.0 Å². The highest BCUT2D eigenvalue weighted by atomic mass is 79.9. The van der Waals surface area contributed by atoms with Crippen molar-refractivity contribution in [1.29, 1.82) is 0 Å². The molecule has 4 heteroatoms. The molecule has 0 aliphatic rings. The van der Waals surface area contributed by atoms with E-state index in [1.165, 1.54) is 5.69 Å². The summed E-state index contributed by atoms with van der Waals surface area (Å²) in [6.45, 7) is 6.74. The number of rotatable bonds is 6. The van der Waals surface area contributed by atoms with Crippen molar-refractivity contribution in [2.24, 2.45) is 18.9 Å². The third kappa shape index (κ3) is 3.81. The Morgan fingerprint density at radius 3 is 2.47 bits per heavy atom. The molecule has 0 saturated carbocycles. The molecular formula is C13H23BrN2O. The van der Waals surface area contributed by atoms with Gasteiger partial charge in [-0.3, -0.25) is 4.68 Å². The summed E-state index contributed by atoms with van der Waals surface area (Å²) >= 11 is 3.62. The monoisotopic (exact) mass is 302 g/mol. The van der Waals surface area contributed by atoms with E-state index in [1.807, 2.05) is 11.7 Å². The maximum Gasteiger partial charge on any atom is 0.0766 e. The van der Waals surface area contributed by atoms with Crippen LogP contribution in [0.2, 0.25) is 0 Å². The van der Waals surface area contributed by atoms with Crippen molar-refractivity contribution >= 4 is 15.9 Å². The molecule has 1 aromatic heterocycles. The zero-order chi connectivity index (χ0) is 13.0. The molecule has 1 atom stereocenters. The zero-order valence-electron chi connectivity index (χ0n) is 11.2. The lowest BCUT2D eigenvalue weighted by atomic mass is 9.93. The molecule has 1 rings (SSSR count). The second-order valence-corrected chi connectivity index (χ2v) is 5.86. The first-order chi connectivity index (χ1) is 7.99. The van der Waals surface area contributed by atoms with Crippen LogP contribution >= 0.6 is 15.9 Å². The number of hydrogen-bond donors (Lipinski definition) is 1. The summed E-state index contributed by atoms with van der Waals surface area (Å²) in [5, 5.41) is 13.9. The van der Waals surface area contributed by atoms with Crippen LogP contribution in [0, 0.1) is 11.8 Å². The van der Waals surface area contributed by atoms with E-state index in [2.05, 4.69) is 41.8 Å². The van der Waals surface area contributed by atoms with Crippen molar-refractivity contribution in [3.8, 4) is 0 Å². The lowest BCUT2D eigenvalue weighted by molar-refractivity contribution is 0.203. The average Bonchev–Trinajstić information content (AvgIpc) is 2.54. The van der Waals surface area contributed by atoms with Gasteiger partial charge in [-0.2, -0.15) is 5.10 Å². The van der Waals surface area contributed by atoms with E-state index in [0.717, 1.165) is 29.4 Å². The Hall–Kier alpha value is -0.350. The minimum atomic E-state index is 0.247. The Bertz CT molecular complexity index is 361. The van der Waals surface area contributed by atoms with Gasteiger partial charge >= 0.3 is 0 Å². The average molecular weight is 303 g/mol. The number of aryl methyl sites for hydroxylation is 2. The van der Waals surface area contributed by atoms with Gasteiger partial charge in [0.2, 0.25) is 0 Å². The van der Waals surface area contributed by atoms with E-state index in [-0.39, 0.29) is 6.61 Å². The van der Waals surface area contributed by atoms with Gasteiger partial charge in [-0.25, -0.2) is 0 Å². The van der Waals surface area contributed by atoms with Crippen molar-refractivity contribution in [3.63, 3.8) is 0 Å². The fraction of sp³-hybridized carbons (Fsp3) is 0.769. The molecule has 0 radical (unpaired) electrons. The molecule has 17 heavy (non-hydrogen) atoms. The summed E-state index contributed by atoms with van der Waals surface area (Å²) in [5.41, 5.74) is 2.30. The molecule has 0 aromatic carbocycles. The molecule has 0 fully saturated rings. The molecule has 0 aliphatic carbocycles. The highest BCUT2D eigenvalue weighted by Gasteiger charge is 2.18. The molecule has 1 heterocycles. The Morgan fingerprint density at radius 2 is 2.06 bits per heavy atom. The molecule has 1 N–H and O–H groups in total. The molecule has 0 saturated heterocycles. The molecule has 1 aromatic rings. The molecule has 0 amide bonds. The van der Waals surface area contributed by atoms with Crippen LogP contribution in [0.4, 0.5) is 0 Å². The van der Waals surface area contributed by atoms with Crippen LogP contribution in [-0.2, 0) is 19.9 Å². The maximum atomic E-state index is 9.44. The normalized spacial score (nSPS) is 13.4. The number of nitrogens with zero attached hydrogens (tertiary/aromatic N) is 2. The summed E-state index contributed by atoms with van der Waals surface area (Å²) < 4.78 is 3.05. The van der Waals surface area contributed by atoms with Gasteiger partial charge in [-0.15, -0.1) is 0 Å². The highest BCUT2D eigenvalue weighted by molar-refractivity contribution is 9.10. The highest BCUT2D eigenvalue weighted by Crippen LogP contribution is 2.26. The van der Waals surface area contributed by atoms with Crippen LogP contribution in [0.25, 0.3) is 0 Å². The van der Waals surface area contributed by atoms with Crippen LogP contribution < -0.4 is 0 Å². The van der Waals surface area contributed by atoms with Gasteiger partial charge < -0.3 is 5.11 Å². The van der Waals surface area contributed by atoms with Gasteiger partial charge in [0.25, 0.3) is 0 Å². The quantitative estimate of drug-likeness (QED) is 0.877. The second-order valence-electron chi connectivity index (χ2n) is 5.07. The summed E-state index contributed by atoms with van der Waals surface area (Å²) in [6, 6.07) is 0. The Kier molecular flexibility index (Phi) is 5.67. The molecule has 0 aliphatic heterocycles. The van der Waals surface area contributed by atoms with E-state index >= 15 is 0 Å². The standard InChI is InChI=1S/C13H23BrN2O/c1-5-11-13(14)12(16(4)15-11)7-10(8-17)6-9(2)3/h9-10,17H,5-8H2,1-4H3. The predicted molar refractivity (Wildman–Crippen MR) is 74.0 cm³/mol. The number of aliphatic hydroxyl groups excluding tert-OH is 1. The first-order valence-corrected chi connectivity index (χ1v) is 7.09.